The Morgan fingerprint density at radius 1 is 1.08 bits per heavy atom. The maximum atomic E-state index is 12.9. The van der Waals surface area contributed by atoms with E-state index in [-0.39, 0.29) is 31.0 Å². The van der Waals surface area contributed by atoms with Crippen LogP contribution < -0.4 is 5.73 Å². The number of hydrogen-bond donors (Lipinski definition) is 1. The van der Waals surface area contributed by atoms with Gasteiger partial charge in [-0.25, -0.2) is 9.59 Å². The van der Waals surface area contributed by atoms with Crippen molar-refractivity contribution in [2.45, 2.75) is 12.5 Å². The normalized spacial score (nSPS) is 19.8. The summed E-state index contributed by atoms with van der Waals surface area (Å²) >= 11 is 0. The molecule has 9 heteroatoms. The summed E-state index contributed by atoms with van der Waals surface area (Å²) in [5, 5.41) is 30.3. The Morgan fingerprint density at radius 3 is 2.35 bits per heavy atom. The van der Waals surface area contributed by atoms with Gasteiger partial charge in [0.2, 0.25) is 0 Å². The molecular formula is C28H23N5O4. The summed E-state index contributed by atoms with van der Waals surface area (Å²) in [5.41, 5.74) is 6.69. The van der Waals surface area contributed by atoms with Crippen molar-refractivity contribution in [3.05, 3.63) is 94.2 Å². The van der Waals surface area contributed by atoms with Crippen molar-refractivity contribution in [3.63, 3.8) is 0 Å². The van der Waals surface area contributed by atoms with Crippen LogP contribution in [0.4, 0.5) is 4.79 Å². The number of nitrogens with zero attached hydrogens (tertiary/aromatic N) is 4. The summed E-state index contributed by atoms with van der Waals surface area (Å²) in [6.45, 7) is 0.372. The Balaban J connectivity index is 1.73. The number of ether oxygens (including phenoxy) is 2. The third-order valence-electron chi connectivity index (χ3n) is 6.82. The van der Waals surface area contributed by atoms with Gasteiger partial charge in [-0.15, -0.1) is 0 Å². The molecule has 1 heterocycles. The van der Waals surface area contributed by atoms with E-state index in [4.69, 9.17) is 15.2 Å². The largest absolute Gasteiger partial charge is 0.465 e. The highest BCUT2D eigenvalue weighted by Crippen LogP contribution is 2.54. The number of hydrogen-bond acceptors (Lipinski definition) is 8. The summed E-state index contributed by atoms with van der Waals surface area (Å²) < 4.78 is 10.3. The molecule has 2 atom stereocenters. The first-order valence-electron chi connectivity index (χ1n) is 11.5. The van der Waals surface area contributed by atoms with Crippen molar-refractivity contribution >= 4 is 12.1 Å². The number of nitriles is 3. The second-order valence-electron chi connectivity index (χ2n) is 8.73. The van der Waals surface area contributed by atoms with Crippen molar-refractivity contribution in [2.24, 2.45) is 17.1 Å². The van der Waals surface area contributed by atoms with Gasteiger partial charge in [-0.2, -0.15) is 15.8 Å². The first-order chi connectivity index (χ1) is 17.9. The van der Waals surface area contributed by atoms with Crippen molar-refractivity contribution in [1.82, 2.24) is 4.90 Å². The van der Waals surface area contributed by atoms with Crippen molar-refractivity contribution in [2.75, 3.05) is 20.2 Å². The fraction of sp³-hybridized carbons (Fsp3) is 0.250. The van der Waals surface area contributed by atoms with Crippen LogP contribution in [-0.4, -0.2) is 37.2 Å². The number of amides is 1. The highest BCUT2D eigenvalue weighted by atomic mass is 16.6. The third-order valence-corrected chi connectivity index (χ3v) is 6.82. The monoisotopic (exact) mass is 493 g/mol. The molecule has 2 aromatic carbocycles. The van der Waals surface area contributed by atoms with E-state index < -0.39 is 29.3 Å². The van der Waals surface area contributed by atoms with E-state index in [1.54, 1.807) is 30.3 Å². The number of carbonyl (C=O) groups excluding carboxylic acids is 2. The Morgan fingerprint density at radius 2 is 1.76 bits per heavy atom. The van der Waals surface area contributed by atoms with Crippen LogP contribution in [0.15, 0.2) is 77.5 Å². The van der Waals surface area contributed by atoms with E-state index in [9.17, 15) is 25.4 Å². The van der Waals surface area contributed by atoms with Crippen molar-refractivity contribution in [3.8, 4) is 18.2 Å². The van der Waals surface area contributed by atoms with Crippen LogP contribution in [0.3, 0.4) is 0 Å². The van der Waals surface area contributed by atoms with Gasteiger partial charge in [0.05, 0.1) is 36.1 Å². The van der Waals surface area contributed by atoms with Crippen LogP contribution in [0, 0.1) is 45.3 Å². The van der Waals surface area contributed by atoms with E-state index in [2.05, 4.69) is 18.2 Å². The lowest BCUT2D eigenvalue weighted by Gasteiger charge is -2.45. The summed E-state index contributed by atoms with van der Waals surface area (Å²) in [6.07, 6.45) is 1.16. The zero-order valence-electron chi connectivity index (χ0n) is 20.0. The molecule has 2 aliphatic rings. The number of benzene rings is 2. The van der Waals surface area contributed by atoms with Crippen LogP contribution in [0.1, 0.15) is 27.4 Å². The second kappa shape index (κ2) is 10.3. The van der Waals surface area contributed by atoms with Crippen molar-refractivity contribution < 1.29 is 19.1 Å². The number of methoxy groups -OCH3 is 1. The summed E-state index contributed by atoms with van der Waals surface area (Å²) in [4.78, 5) is 26.4. The van der Waals surface area contributed by atoms with Crippen LogP contribution in [0.5, 0.6) is 0 Å². The molecule has 0 spiro atoms. The van der Waals surface area contributed by atoms with Gasteiger partial charge in [0.15, 0.2) is 5.41 Å². The van der Waals surface area contributed by atoms with Crippen LogP contribution in [0.2, 0.25) is 0 Å². The highest BCUT2D eigenvalue weighted by molar-refractivity contribution is 5.89. The predicted octanol–water partition coefficient (Wildman–Crippen LogP) is 3.54. The lowest BCUT2D eigenvalue weighted by Crippen LogP contribution is -2.49. The number of nitrogens with two attached hydrogens (primary N) is 1. The molecule has 0 aromatic heterocycles. The second-order valence-corrected chi connectivity index (χ2v) is 8.73. The van der Waals surface area contributed by atoms with E-state index >= 15 is 0 Å². The molecule has 1 amide bonds. The Kier molecular flexibility index (Phi) is 6.95. The SMILES string of the molecule is COC(=O)c1ccc([C@@H]2[C@@H]3CN(C(=O)OCc4ccccc4)CC=C3C(C#N)=C(N)C2(C#N)C#N)cc1. The smallest absolute Gasteiger partial charge is 0.410 e. The topological polar surface area (TPSA) is 153 Å². The molecule has 0 bridgehead atoms. The molecular weight excluding hydrogens is 470 g/mol. The first kappa shape index (κ1) is 25.0. The Hall–Kier alpha value is -5.07. The van der Waals surface area contributed by atoms with Gasteiger partial charge in [0.25, 0.3) is 0 Å². The minimum atomic E-state index is -1.86. The first-order valence-corrected chi connectivity index (χ1v) is 11.5. The van der Waals surface area contributed by atoms with Gasteiger partial charge in [-0.05, 0) is 28.8 Å². The van der Waals surface area contributed by atoms with E-state index in [1.165, 1.54) is 12.0 Å². The third kappa shape index (κ3) is 4.37. The molecule has 1 aliphatic carbocycles. The van der Waals surface area contributed by atoms with Gasteiger partial charge in [0, 0.05) is 24.9 Å². The lowest BCUT2D eigenvalue weighted by molar-refractivity contribution is 0.0600. The zero-order chi connectivity index (χ0) is 26.6. The maximum Gasteiger partial charge on any atom is 0.410 e. The number of esters is 1. The molecule has 0 unspecified atom stereocenters. The van der Waals surface area contributed by atoms with Gasteiger partial charge >= 0.3 is 12.1 Å². The molecule has 9 nitrogen and oxygen atoms in total. The van der Waals surface area contributed by atoms with Crippen LogP contribution >= 0.6 is 0 Å². The molecule has 184 valence electrons. The van der Waals surface area contributed by atoms with Gasteiger partial charge in [-0.1, -0.05) is 48.5 Å². The fourth-order valence-electron chi connectivity index (χ4n) is 4.96. The fourth-order valence-corrected chi connectivity index (χ4v) is 4.96. The summed E-state index contributed by atoms with van der Waals surface area (Å²) in [6, 6.07) is 21.8. The number of allylic oxidation sites excluding steroid dienone is 2. The number of fused-ring (bicyclic) bond motifs is 1. The average Bonchev–Trinajstić information content (AvgIpc) is 2.95. The van der Waals surface area contributed by atoms with Crippen LogP contribution in [-0.2, 0) is 16.1 Å². The number of carbonyl (C=O) groups is 2. The number of rotatable bonds is 4. The minimum Gasteiger partial charge on any atom is -0.465 e. The molecule has 2 aromatic rings. The predicted molar refractivity (Wildman–Crippen MR) is 131 cm³/mol. The van der Waals surface area contributed by atoms with Gasteiger partial charge < -0.3 is 20.1 Å². The molecule has 37 heavy (non-hydrogen) atoms. The quantitative estimate of drug-likeness (QED) is 0.635. The Bertz CT molecular complexity index is 1390. The summed E-state index contributed by atoms with van der Waals surface area (Å²) in [5.74, 6) is -1.94. The molecule has 0 saturated carbocycles. The zero-order valence-corrected chi connectivity index (χ0v) is 20.0. The lowest BCUT2D eigenvalue weighted by atomic mass is 9.58. The van der Waals surface area contributed by atoms with Crippen LogP contribution in [0.25, 0.3) is 0 Å². The molecule has 4 rings (SSSR count). The van der Waals surface area contributed by atoms with E-state index in [0.717, 1.165) is 5.56 Å². The van der Waals surface area contributed by atoms with Crippen molar-refractivity contribution in [1.29, 1.82) is 15.8 Å². The summed E-state index contributed by atoms with van der Waals surface area (Å²) in [7, 11) is 1.27. The molecule has 2 N–H and O–H groups in total. The van der Waals surface area contributed by atoms with Gasteiger partial charge in [0.1, 0.15) is 12.7 Å². The van der Waals surface area contributed by atoms with E-state index in [0.29, 0.717) is 16.7 Å². The molecule has 1 aliphatic heterocycles. The molecule has 0 fully saturated rings. The Labute approximate surface area is 214 Å². The highest BCUT2D eigenvalue weighted by Gasteiger charge is 2.54. The average molecular weight is 494 g/mol. The van der Waals surface area contributed by atoms with Gasteiger partial charge in [-0.3, -0.25) is 0 Å². The molecule has 0 radical (unpaired) electrons. The maximum absolute atomic E-state index is 12.9. The standard InChI is InChI=1S/C28H23N5O4/c1-36-26(34)20-9-7-19(8-10-20)24-23-14-33(27(35)37-15-18-5-3-2-4-6-18)12-11-21(23)22(13-29)25(32)28(24,16-30)17-31/h2-11,23-24H,12,14-15,32H2,1H3/t23-,24-/m1/s1. The van der Waals surface area contributed by atoms with E-state index in [1.807, 2.05) is 30.3 Å². The minimum absolute atomic E-state index is 0.0767. The molecule has 0 saturated heterocycles.